The quantitative estimate of drug-likeness (QED) is 0.361. The van der Waals surface area contributed by atoms with Crippen LogP contribution in [0.4, 0.5) is 10.5 Å². The van der Waals surface area contributed by atoms with E-state index in [0.717, 1.165) is 23.3 Å². The number of carbonyl (C=O) groups excluding carboxylic acids is 1. The number of anilines is 1. The van der Waals surface area contributed by atoms with Crippen molar-refractivity contribution in [2.24, 2.45) is 5.73 Å². The van der Waals surface area contributed by atoms with Gasteiger partial charge in [-0.1, -0.05) is 36.4 Å². The Balaban J connectivity index is 1.89. The smallest absolute Gasteiger partial charge is 0.326 e. The van der Waals surface area contributed by atoms with Crippen molar-refractivity contribution in [3.63, 3.8) is 0 Å². The molecule has 154 valence electrons. The maximum Gasteiger partial charge on any atom is 0.326 e. The summed E-state index contributed by atoms with van der Waals surface area (Å²) in [6.07, 6.45) is 5.65. The van der Waals surface area contributed by atoms with Crippen molar-refractivity contribution >= 4 is 29.8 Å². The van der Waals surface area contributed by atoms with Gasteiger partial charge in [0.05, 0.1) is 7.11 Å². The average Bonchev–Trinajstić information content (AvgIpc) is 2.73. The van der Waals surface area contributed by atoms with Crippen LogP contribution in [0.1, 0.15) is 30.4 Å². The largest absolute Gasteiger partial charge is 0.497 e. The minimum atomic E-state index is -1.06. The number of hydrogen-bond donors (Lipinski definition) is 4. The van der Waals surface area contributed by atoms with Crippen molar-refractivity contribution in [1.29, 1.82) is 0 Å². The highest BCUT2D eigenvalue weighted by Crippen LogP contribution is 2.15. The molecule has 2 aromatic carbocycles. The molecule has 29 heavy (non-hydrogen) atoms. The monoisotopic (exact) mass is 397 g/mol. The molecule has 0 heterocycles. The molecule has 0 radical (unpaired) electrons. The summed E-state index contributed by atoms with van der Waals surface area (Å²) < 4.78 is 5.14. The Labute approximate surface area is 170 Å². The topological polar surface area (TPSA) is 114 Å². The first-order valence-electron chi connectivity index (χ1n) is 9.44. The second kappa shape index (κ2) is 11.5. The van der Waals surface area contributed by atoms with Gasteiger partial charge in [-0.25, -0.2) is 9.59 Å². The van der Waals surface area contributed by atoms with E-state index in [1.165, 1.54) is 0 Å². The van der Waals surface area contributed by atoms with Gasteiger partial charge in [0, 0.05) is 5.69 Å². The third-order valence-electron chi connectivity index (χ3n) is 4.30. The van der Waals surface area contributed by atoms with Gasteiger partial charge in [-0.3, -0.25) is 0 Å². The predicted molar refractivity (Wildman–Crippen MR) is 115 cm³/mol. The number of aliphatic carboxylic acids is 1. The first-order valence-corrected chi connectivity index (χ1v) is 9.44. The van der Waals surface area contributed by atoms with Crippen molar-refractivity contribution in [3.8, 4) is 5.75 Å². The number of amides is 2. The number of rotatable bonds is 10. The fourth-order valence-electron chi connectivity index (χ4n) is 2.66. The van der Waals surface area contributed by atoms with Gasteiger partial charge < -0.3 is 26.2 Å². The lowest BCUT2D eigenvalue weighted by atomic mass is 10.1. The van der Waals surface area contributed by atoms with E-state index in [0.29, 0.717) is 25.1 Å². The Kier molecular flexibility index (Phi) is 8.72. The zero-order chi connectivity index (χ0) is 21.1. The van der Waals surface area contributed by atoms with Crippen LogP contribution in [0, 0.1) is 0 Å². The lowest BCUT2D eigenvalue weighted by Gasteiger charge is -2.15. The van der Waals surface area contributed by atoms with Gasteiger partial charge in [-0.2, -0.15) is 0 Å². The van der Waals surface area contributed by atoms with Crippen molar-refractivity contribution in [1.82, 2.24) is 5.32 Å². The van der Waals surface area contributed by atoms with Crippen molar-refractivity contribution < 1.29 is 19.4 Å². The number of nitrogens with two attached hydrogens (primary N) is 1. The molecule has 0 fully saturated rings. The normalized spacial score (nSPS) is 11.8. The standard InChI is InChI=1S/C22H27N3O4/c1-29-19-13-9-17(10-14-19)6-5-16-7-11-18(12-8-16)24-22(28)25-20(21(26)27)4-2-3-15-23/h5-14,20H,2-4,15,23H2,1H3,(H,26,27)(H2,24,25,28). The fourth-order valence-corrected chi connectivity index (χ4v) is 2.66. The minimum absolute atomic E-state index is 0.342. The lowest BCUT2D eigenvalue weighted by molar-refractivity contribution is -0.139. The highest BCUT2D eigenvalue weighted by Gasteiger charge is 2.19. The maximum absolute atomic E-state index is 12.1. The van der Waals surface area contributed by atoms with Crippen LogP contribution in [-0.4, -0.2) is 36.8 Å². The molecule has 0 spiro atoms. The Morgan fingerprint density at radius 2 is 1.62 bits per heavy atom. The first kappa shape index (κ1) is 22.0. The zero-order valence-corrected chi connectivity index (χ0v) is 16.4. The molecule has 7 heteroatoms. The Morgan fingerprint density at radius 1 is 1.03 bits per heavy atom. The SMILES string of the molecule is COc1ccc(C=Cc2ccc(NC(=O)NC(CCCCN)C(=O)O)cc2)cc1. The minimum Gasteiger partial charge on any atom is -0.497 e. The predicted octanol–water partition coefficient (Wildman–Crippen LogP) is 3.57. The van der Waals surface area contributed by atoms with Crippen molar-refractivity contribution in [2.45, 2.75) is 25.3 Å². The lowest BCUT2D eigenvalue weighted by Crippen LogP contribution is -2.43. The van der Waals surface area contributed by atoms with Crippen LogP contribution in [0.3, 0.4) is 0 Å². The molecule has 0 saturated heterocycles. The van der Waals surface area contributed by atoms with Crippen LogP contribution >= 0.6 is 0 Å². The zero-order valence-electron chi connectivity index (χ0n) is 16.4. The van der Waals surface area contributed by atoms with E-state index in [-0.39, 0.29) is 0 Å². The van der Waals surface area contributed by atoms with Gasteiger partial charge in [0.2, 0.25) is 0 Å². The molecule has 2 amide bonds. The average molecular weight is 397 g/mol. The Hall–Kier alpha value is -3.32. The molecule has 0 aliphatic heterocycles. The molecule has 1 unspecified atom stereocenters. The number of carbonyl (C=O) groups is 2. The summed E-state index contributed by atoms with van der Waals surface area (Å²) in [5.41, 5.74) is 8.01. The van der Waals surface area contributed by atoms with Crippen LogP contribution in [0.15, 0.2) is 48.5 Å². The number of carboxylic acid groups (broad SMARTS) is 1. The molecule has 0 aliphatic rings. The third kappa shape index (κ3) is 7.67. The van der Waals surface area contributed by atoms with Crippen LogP contribution in [0.2, 0.25) is 0 Å². The van der Waals surface area contributed by atoms with E-state index >= 15 is 0 Å². The molecule has 2 aromatic rings. The van der Waals surface area contributed by atoms with Crippen LogP contribution in [0.5, 0.6) is 5.75 Å². The van der Waals surface area contributed by atoms with Crippen LogP contribution in [0.25, 0.3) is 12.2 Å². The molecule has 0 aliphatic carbocycles. The first-order chi connectivity index (χ1) is 14.0. The fraction of sp³-hybridized carbons (Fsp3) is 0.273. The van der Waals surface area contributed by atoms with Gasteiger partial charge in [-0.15, -0.1) is 0 Å². The Bertz CT molecular complexity index is 817. The summed E-state index contributed by atoms with van der Waals surface area (Å²) in [6.45, 7) is 0.498. The second-order valence-electron chi connectivity index (χ2n) is 6.50. The van der Waals surface area contributed by atoms with Crippen molar-refractivity contribution in [2.75, 3.05) is 19.0 Å². The van der Waals surface area contributed by atoms with Crippen LogP contribution < -0.4 is 21.1 Å². The van der Waals surface area contributed by atoms with E-state index in [4.69, 9.17) is 10.5 Å². The number of nitrogens with one attached hydrogen (secondary N) is 2. The summed E-state index contributed by atoms with van der Waals surface area (Å²) in [4.78, 5) is 23.3. The van der Waals surface area contributed by atoms with E-state index < -0.39 is 18.0 Å². The summed E-state index contributed by atoms with van der Waals surface area (Å²) in [5.74, 6) is -0.253. The summed E-state index contributed by atoms with van der Waals surface area (Å²) in [5, 5.41) is 14.4. The maximum atomic E-state index is 12.1. The summed E-state index contributed by atoms with van der Waals surface area (Å²) in [7, 11) is 1.63. The van der Waals surface area contributed by atoms with Crippen LogP contribution in [-0.2, 0) is 4.79 Å². The third-order valence-corrected chi connectivity index (χ3v) is 4.30. The molecular weight excluding hydrogens is 370 g/mol. The number of methoxy groups -OCH3 is 1. The highest BCUT2D eigenvalue weighted by atomic mass is 16.5. The van der Waals surface area contributed by atoms with Crippen molar-refractivity contribution in [3.05, 3.63) is 59.7 Å². The molecule has 2 rings (SSSR count). The summed E-state index contributed by atoms with van der Waals surface area (Å²) >= 11 is 0. The number of hydrogen-bond acceptors (Lipinski definition) is 4. The second-order valence-corrected chi connectivity index (χ2v) is 6.50. The van der Waals surface area contributed by atoms with Gasteiger partial charge >= 0.3 is 12.0 Å². The number of ether oxygens (including phenoxy) is 1. The Morgan fingerprint density at radius 3 is 2.14 bits per heavy atom. The van der Waals surface area contributed by atoms with Gasteiger partial charge in [-0.05, 0) is 61.2 Å². The van der Waals surface area contributed by atoms with Gasteiger partial charge in [0.1, 0.15) is 11.8 Å². The van der Waals surface area contributed by atoms with Gasteiger partial charge in [0.15, 0.2) is 0 Å². The molecule has 5 N–H and O–H groups in total. The number of urea groups is 1. The van der Waals surface area contributed by atoms with E-state index in [2.05, 4.69) is 10.6 Å². The molecule has 0 bridgehead atoms. The number of benzene rings is 2. The number of unbranched alkanes of at least 4 members (excludes halogenated alkanes) is 1. The summed E-state index contributed by atoms with van der Waals surface area (Å²) in [6, 6.07) is 13.5. The molecule has 0 saturated carbocycles. The van der Waals surface area contributed by atoms with E-state index in [1.54, 1.807) is 19.2 Å². The molecule has 7 nitrogen and oxygen atoms in total. The van der Waals surface area contributed by atoms with E-state index in [9.17, 15) is 14.7 Å². The molecule has 0 aromatic heterocycles. The van der Waals surface area contributed by atoms with E-state index in [1.807, 2.05) is 48.6 Å². The number of carboxylic acids is 1. The highest BCUT2D eigenvalue weighted by molar-refractivity contribution is 5.92. The van der Waals surface area contributed by atoms with Gasteiger partial charge in [0.25, 0.3) is 0 Å². The molecular formula is C22H27N3O4. The molecule has 1 atom stereocenters.